The summed E-state index contributed by atoms with van der Waals surface area (Å²) >= 11 is 0. The quantitative estimate of drug-likeness (QED) is 0.561. The van der Waals surface area contributed by atoms with E-state index in [4.69, 9.17) is 0 Å². The van der Waals surface area contributed by atoms with Crippen molar-refractivity contribution in [2.45, 2.75) is 13.0 Å². The van der Waals surface area contributed by atoms with Gasteiger partial charge in [0, 0.05) is 7.05 Å². The molecule has 0 spiro atoms. The Labute approximate surface area is 83.4 Å². The Balaban J connectivity index is 2.92. The molecule has 0 aliphatic heterocycles. The van der Waals surface area contributed by atoms with E-state index in [2.05, 4.69) is 15.0 Å². The van der Waals surface area contributed by atoms with E-state index >= 15 is 0 Å². The van der Waals surface area contributed by atoms with E-state index in [9.17, 15) is 14.7 Å². The number of nitrogens with one attached hydrogen (secondary N) is 2. The maximum atomic E-state index is 11.4. The summed E-state index contributed by atoms with van der Waals surface area (Å²) in [5.74, 6) is 0.261. The summed E-state index contributed by atoms with van der Waals surface area (Å²) in [6.45, 7) is 1.52. The first-order chi connectivity index (χ1) is 7.00. The smallest absolute Gasteiger partial charge is 0.329 e. The molecule has 0 bridgehead atoms. The summed E-state index contributed by atoms with van der Waals surface area (Å²) in [4.78, 5) is 31.4. The van der Waals surface area contributed by atoms with Crippen LogP contribution in [0.25, 0.3) is 11.2 Å². The first-order valence-corrected chi connectivity index (χ1v) is 4.37. The van der Waals surface area contributed by atoms with Gasteiger partial charge in [0.05, 0.1) is 0 Å². The van der Waals surface area contributed by atoms with E-state index < -0.39 is 17.4 Å². The third-order valence-corrected chi connectivity index (χ3v) is 2.17. The van der Waals surface area contributed by atoms with E-state index in [0.29, 0.717) is 0 Å². The molecule has 0 aliphatic rings. The fourth-order valence-electron chi connectivity index (χ4n) is 1.32. The molecule has 0 fully saturated rings. The van der Waals surface area contributed by atoms with Crippen molar-refractivity contribution in [3.8, 4) is 0 Å². The second-order valence-corrected chi connectivity index (χ2v) is 3.31. The fourth-order valence-corrected chi connectivity index (χ4v) is 1.32. The standard InChI is InChI=1S/C8H10N4O3/c1-3(13)5-9-4-6(10-5)12(2)8(15)11-7(4)14/h3,13H,1-2H3,(H,9,10)(H,11,14,15). The summed E-state index contributed by atoms with van der Waals surface area (Å²) < 4.78 is 1.21. The minimum absolute atomic E-state index is 0.188. The summed E-state index contributed by atoms with van der Waals surface area (Å²) in [6, 6.07) is 0. The van der Waals surface area contributed by atoms with Gasteiger partial charge in [0.15, 0.2) is 5.65 Å². The van der Waals surface area contributed by atoms with E-state index in [0.717, 1.165) is 0 Å². The zero-order chi connectivity index (χ0) is 11.2. The number of H-pyrrole nitrogens is 2. The molecule has 3 N–H and O–H groups in total. The van der Waals surface area contributed by atoms with E-state index in [-0.39, 0.29) is 17.0 Å². The van der Waals surface area contributed by atoms with Crippen molar-refractivity contribution in [1.29, 1.82) is 0 Å². The number of rotatable bonds is 1. The summed E-state index contributed by atoms with van der Waals surface area (Å²) in [5.41, 5.74) is -0.642. The molecule has 1 atom stereocenters. The molecule has 0 saturated heterocycles. The van der Waals surface area contributed by atoms with Crippen LogP contribution in [0.2, 0.25) is 0 Å². The number of nitrogens with zero attached hydrogens (tertiary/aromatic N) is 2. The molecule has 0 aliphatic carbocycles. The SMILES string of the molecule is CC(O)c1nc2c([nH]1)c(=O)[nH]c(=O)n2C. The van der Waals surface area contributed by atoms with Crippen LogP contribution in [0.4, 0.5) is 0 Å². The van der Waals surface area contributed by atoms with Gasteiger partial charge in [-0.15, -0.1) is 0 Å². The van der Waals surface area contributed by atoms with Gasteiger partial charge in [0.1, 0.15) is 17.4 Å². The summed E-state index contributed by atoms with van der Waals surface area (Å²) in [7, 11) is 1.49. The number of hydrogen-bond donors (Lipinski definition) is 3. The van der Waals surface area contributed by atoms with Gasteiger partial charge in [-0.05, 0) is 6.92 Å². The predicted molar refractivity (Wildman–Crippen MR) is 52.6 cm³/mol. The van der Waals surface area contributed by atoms with Crippen molar-refractivity contribution in [2.75, 3.05) is 0 Å². The Morgan fingerprint density at radius 3 is 2.67 bits per heavy atom. The Bertz CT molecular complexity index is 619. The van der Waals surface area contributed by atoms with Gasteiger partial charge in [-0.1, -0.05) is 0 Å². The van der Waals surface area contributed by atoms with Crippen molar-refractivity contribution in [3.05, 3.63) is 26.7 Å². The molecule has 0 amide bonds. The van der Waals surface area contributed by atoms with Crippen molar-refractivity contribution in [1.82, 2.24) is 19.5 Å². The summed E-state index contributed by atoms with van der Waals surface area (Å²) in [6.07, 6.45) is -0.813. The number of aliphatic hydroxyl groups is 1. The molecule has 2 heterocycles. The number of aromatic nitrogens is 4. The molecule has 1 unspecified atom stereocenters. The molecular weight excluding hydrogens is 200 g/mol. The zero-order valence-corrected chi connectivity index (χ0v) is 8.24. The van der Waals surface area contributed by atoms with Crippen LogP contribution in [0.5, 0.6) is 0 Å². The number of aliphatic hydroxyl groups excluding tert-OH is 1. The van der Waals surface area contributed by atoms with Crippen molar-refractivity contribution in [3.63, 3.8) is 0 Å². The normalized spacial score (nSPS) is 13.3. The van der Waals surface area contributed by atoms with E-state index in [1.807, 2.05) is 0 Å². The van der Waals surface area contributed by atoms with E-state index in [1.165, 1.54) is 18.5 Å². The molecule has 2 rings (SSSR count). The molecule has 15 heavy (non-hydrogen) atoms. The zero-order valence-electron chi connectivity index (χ0n) is 8.24. The lowest BCUT2D eigenvalue weighted by molar-refractivity contribution is 0.190. The first-order valence-electron chi connectivity index (χ1n) is 4.37. The lowest BCUT2D eigenvalue weighted by Crippen LogP contribution is -2.28. The average Bonchev–Trinajstić information content (AvgIpc) is 2.59. The predicted octanol–water partition coefficient (Wildman–Crippen LogP) is -0.997. The van der Waals surface area contributed by atoms with Gasteiger partial charge >= 0.3 is 5.69 Å². The number of fused-ring (bicyclic) bond motifs is 1. The Morgan fingerprint density at radius 2 is 2.07 bits per heavy atom. The van der Waals surface area contributed by atoms with Crippen LogP contribution in [0.1, 0.15) is 18.9 Å². The van der Waals surface area contributed by atoms with Crippen molar-refractivity contribution in [2.24, 2.45) is 7.05 Å². The minimum atomic E-state index is -0.813. The molecule has 7 heteroatoms. The van der Waals surface area contributed by atoms with Crippen LogP contribution in [-0.2, 0) is 7.05 Å². The minimum Gasteiger partial charge on any atom is -0.385 e. The van der Waals surface area contributed by atoms with Gasteiger partial charge in [-0.3, -0.25) is 14.3 Å². The van der Waals surface area contributed by atoms with Gasteiger partial charge in [-0.2, -0.15) is 0 Å². The topological polar surface area (TPSA) is 104 Å². The van der Waals surface area contributed by atoms with Crippen LogP contribution < -0.4 is 11.2 Å². The highest BCUT2D eigenvalue weighted by atomic mass is 16.3. The first kappa shape index (κ1) is 9.66. The van der Waals surface area contributed by atoms with Crippen LogP contribution in [0.15, 0.2) is 9.59 Å². The number of aryl methyl sites for hydroxylation is 1. The summed E-state index contributed by atoms with van der Waals surface area (Å²) in [5, 5.41) is 9.28. The van der Waals surface area contributed by atoms with Crippen LogP contribution in [0, 0.1) is 0 Å². The Hall–Kier alpha value is -1.89. The second kappa shape index (κ2) is 3.06. The van der Waals surface area contributed by atoms with Gasteiger partial charge in [0.2, 0.25) is 0 Å². The molecule has 0 radical (unpaired) electrons. The molecule has 0 aromatic carbocycles. The van der Waals surface area contributed by atoms with Gasteiger partial charge in [-0.25, -0.2) is 9.78 Å². The number of hydrogen-bond acceptors (Lipinski definition) is 4. The third-order valence-electron chi connectivity index (χ3n) is 2.17. The lowest BCUT2D eigenvalue weighted by atomic mass is 10.4. The van der Waals surface area contributed by atoms with Crippen molar-refractivity contribution >= 4 is 11.2 Å². The number of aromatic amines is 2. The number of imidazole rings is 1. The van der Waals surface area contributed by atoms with Crippen LogP contribution in [-0.4, -0.2) is 24.6 Å². The van der Waals surface area contributed by atoms with E-state index in [1.54, 1.807) is 0 Å². The van der Waals surface area contributed by atoms with Crippen LogP contribution >= 0.6 is 0 Å². The van der Waals surface area contributed by atoms with Gasteiger partial charge in [0.25, 0.3) is 5.56 Å². The van der Waals surface area contributed by atoms with Crippen LogP contribution in [0.3, 0.4) is 0 Å². The molecule has 2 aromatic heterocycles. The highest BCUT2D eigenvalue weighted by Crippen LogP contribution is 2.10. The Kier molecular flexibility index (Phi) is 1.97. The van der Waals surface area contributed by atoms with Crippen molar-refractivity contribution < 1.29 is 5.11 Å². The second-order valence-electron chi connectivity index (χ2n) is 3.31. The monoisotopic (exact) mass is 210 g/mol. The Morgan fingerprint density at radius 1 is 1.40 bits per heavy atom. The highest BCUT2D eigenvalue weighted by Gasteiger charge is 2.12. The lowest BCUT2D eigenvalue weighted by Gasteiger charge is -1.95. The molecule has 0 saturated carbocycles. The molecular formula is C8H10N4O3. The molecule has 2 aromatic rings. The maximum Gasteiger partial charge on any atom is 0.329 e. The van der Waals surface area contributed by atoms with Gasteiger partial charge < -0.3 is 10.1 Å². The maximum absolute atomic E-state index is 11.4. The average molecular weight is 210 g/mol. The molecule has 7 nitrogen and oxygen atoms in total. The largest absolute Gasteiger partial charge is 0.385 e. The third kappa shape index (κ3) is 1.37. The molecule has 80 valence electrons. The fraction of sp³-hybridized carbons (Fsp3) is 0.375. The highest BCUT2D eigenvalue weighted by molar-refractivity contribution is 5.69.